The summed E-state index contributed by atoms with van der Waals surface area (Å²) >= 11 is 6.31. The van der Waals surface area contributed by atoms with Gasteiger partial charge in [0.15, 0.2) is 0 Å². The second-order valence-corrected chi connectivity index (χ2v) is 7.19. The van der Waals surface area contributed by atoms with E-state index in [1.807, 2.05) is 12.1 Å². The van der Waals surface area contributed by atoms with Crippen LogP contribution in [0.4, 0.5) is 13.2 Å². The van der Waals surface area contributed by atoms with Crippen LogP contribution in [0, 0.1) is 0 Å². The van der Waals surface area contributed by atoms with E-state index >= 15 is 0 Å². The third-order valence-corrected chi connectivity index (χ3v) is 5.01. The van der Waals surface area contributed by atoms with Crippen LogP contribution in [0.1, 0.15) is 5.56 Å². The van der Waals surface area contributed by atoms with Gasteiger partial charge in [-0.3, -0.25) is 9.55 Å². The molecule has 4 rings (SSSR count). The van der Waals surface area contributed by atoms with Crippen LogP contribution in [-0.2, 0) is 6.54 Å². The molecule has 4 aromatic rings. The quantitative estimate of drug-likeness (QED) is 0.454. The third kappa shape index (κ3) is 4.47. The molecule has 0 amide bonds. The van der Waals surface area contributed by atoms with Crippen molar-refractivity contribution in [2.75, 3.05) is 0 Å². The molecule has 164 valence electrons. The highest BCUT2D eigenvalue weighted by Crippen LogP contribution is 2.30. The van der Waals surface area contributed by atoms with Gasteiger partial charge in [-0.15, -0.1) is 13.2 Å². The number of aromatic hydroxyl groups is 1. The molecule has 2 aromatic carbocycles. The predicted molar refractivity (Wildman–Crippen MR) is 112 cm³/mol. The first-order valence-electron chi connectivity index (χ1n) is 9.28. The van der Waals surface area contributed by atoms with Crippen LogP contribution >= 0.6 is 11.6 Å². The largest absolute Gasteiger partial charge is 0.573 e. The Morgan fingerprint density at radius 1 is 1.03 bits per heavy atom. The van der Waals surface area contributed by atoms with E-state index in [0.717, 1.165) is 33.4 Å². The molecule has 2 aromatic heterocycles. The Morgan fingerprint density at radius 2 is 1.75 bits per heavy atom. The number of nitrogens with zero attached hydrogens (tertiary/aromatic N) is 3. The molecular weight excluding hydrogens is 447 g/mol. The lowest BCUT2D eigenvalue weighted by atomic mass is 10.0. The number of imidazole rings is 1. The summed E-state index contributed by atoms with van der Waals surface area (Å²) in [4.78, 5) is 17.1. The zero-order valence-corrected chi connectivity index (χ0v) is 17.0. The SMILES string of the molecule is O=c1n(Cc2ccncc2-c2ccccc2Cl)cc(O)n1-c1ccc(OC(F)(F)F)cc1. The maximum atomic E-state index is 12.9. The minimum atomic E-state index is -4.83. The summed E-state index contributed by atoms with van der Waals surface area (Å²) in [5.41, 5.74) is 1.82. The van der Waals surface area contributed by atoms with E-state index in [4.69, 9.17) is 11.6 Å². The Morgan fingerprint density at radius 3 is 2.44 bits per heavy atom. The van der Waals surface area contributed by atoms with E-state index in [1.54, 1.807) is 30.6 Å². The fourth-order valence-electron chi connectivity index (χ4n) is 3.30. The van der Waals surface area contributed by atoms with Gasteiger partial charge in [0.25, 0.3) is 0 Å². The highest BCUT2D eigenvalue weighted by atomic mass is 35.5. The molecule has 0 bridgehead atoms. The lowest BCUT2D eigenvalue weighted by Gasteiger charge is -2.11. The van der Waals surface area contributed by atoms with Crippen LogP contribution in [-0.4, -0.2) is 25.6 Å². The van der Waals surface area contributed by atoms with Gasteiger partial charge < -0.3 is 9.84 Å². The van der Waals surface area contributed by atoms with Crippen molar-refractivity contribution in [1.29, 1.82) is 0 Å². The number of alkyl halides is 3. The molecule has 2 heterocycles. The number of halogens is 4. The van der Waals surface area contributed by atoms with Gasteiger partial charge in [0, 0.05) is 28.5 Å². The summed E-state index contributed by atoms with van der Waals surface area (Å²) in [5.74, 6) is -0.803. The minimum absolute atomic E-state index is 0.109. The van der Waals surface area contributed by atoms with E-state index in [1.165, 1.54) is 22.9 Å². The monoisotopic (exact) mass is 461 g/mol. The number of pyridine rings is 1. The van der Waals surface area contributed by atoms with Crippen molar-refractivity contribution in [1.82, 2.24) is 14.1 Å². The summed E-state index contributed by atoms with van der Waals surface area (Å²) in [5, 5.41) is 10.9. The normalized spacial score (nSPS) is 11.5. The van der Waals surface area contributed by atoms with Gasteiger partial charge in [-0.25, -0.2) is 9.36 Å². The number of hydrogen-bond acceptors (Lipinski definition) is 4. The molecule has 1 N–H and O–H groups in total. The standard InChI is InChI=1S/C22H15ClF3N3O3/c23-19-4-2-1-3-17(19)18-11-27-10-9-14(18)12-28-13-20(30)29(21(28)31)15-5-7-16(8-6-15)32-22(24,25)26/h1-11,13,30H,12H2. The van der Waals surface area contributed by atoms with E-state index in [-0.39, 0.29) is 18.1 Å². The van der Waals surface area contributed by atoms with Crippen LogP contribution in [0.2, 0.25) is 5.02 Å². The predicted octanol–water partition coefficient (Wildman–Crippen LogP) is 5.01. The van der Waals surface area contributed by atoms with Gasteiger partial charge in [0.2, 0.25) is 5.88 Å². The molecule has 0 radical (unpaired) electrons. The Labute approximate surface area is 184 Å². The molecular formula is C22H15ClF3N3O3. The molecule has 10 heteroatoms. The van der Waals surface area contributed by atoms with Crippen LogP contribution in [0.15, 0.2) is 78.0 Å². The topological polar surface area (TPSA) is 69.3 Å². The Bertz CT molecular complexity index is 1310. The van der Waals surface area contributed by atoms with Crippen molar-refractivity contribution in [3.8, 4) is 28.4 Å². The first-order valence-corrected chi connectivity index (χ1v) is 9.66. The lowest BCUT2D eigenvalue weighted by molar-refractivity contribution is -0.274. The van der Waals surface area contributed by atoms with Gasteiger partial charge in [-0.2, -0.15) is 0 Å². The van der Waals surface area contributed by atoms with Gasteiger partial charge in [-0.05, 0) is 42.0 Å². The highest BCUT2D eigenvalue weighted by molar-refractivity contribution is 6.33. The summed E-state index contributed by atoms with van der Waals surface area (Å²) in [6, 6.07) is 13.6. The summed E-state index contributed by atoms with van der Waals surface area (Å²) in [6.45, 7) is 0.109. The zero-order chi connectivity index (χ0) is 22.9. The molecule has 32 heavy (non-hydrogen) atoms. The number of rotatable bonds is 5. The second kappa shape index (κ2) is 8.43. The van der Waals surface area contributed by atoms with Crippen LogP contribution < -0.4 is 10.4 Å². The molecule has 6 nitrogen and oxygen atoms in total. The third-order valence-electron chi connectivity index (χ3n) is 4.68. The Hall–Kier alpha value is -3.72. The highest BCUT2D eigenvalue weighted by Gasteiger charge is 2.31. The van der Waals surface area contributed by atoms with Crippen molar-refractivity contribution in [3.63, 3.8) is 0 Å². The molecule has 0 atom stereocenters. The number of benzene rings is 2. The van der Waals surface area contributed by atoms with Crippen molar-refractivity contribution in [2.45, 2.75) is 12.9 Å². The van der Waals surface area contributed by atoms with Gasteiger partial charge in [0.05, 0.1) is 18.4 Å². The van der Waals surface area contributed by atoms with Gasteiger partial charge >= 0.3 is 12.1 Å². The van der Waals surface area contributed by atoms with Crippen LogP contribution in [0.5, 0.6) is 11.6 Å². The Kier molecular flexibility index (Phi) is 5.67. The Balaban J connectivity index is 1.67. The summed E-state index contributed by atoms with van der Waals surface area (Å²) in [6.07, 6.45) is -0.359. The van der Waals surface area contributed by atoms with Gasteiger partial charge in [0.1, 0.15) is 5.75 Å². The average molecular weight is 462 g/mol. The fraction of sp³-hybridized carbons (Fsp3) is 0.0909. The lowest BCUT2D eigenvalue weighted by Crippen LogP contribution is -2.23. The van der Waals surface area contributed by atoms with Gasteiger partial charge in [-0.1, -0.05) is 29.8 Å². The summed E-state index contributed by atoms with van der Waals surface area (Å²) < 4.78 is 43.1. The van der Waals surface area contributed by atoms with Crippen molar-refractivity contribution in [3.05, 3.63) is 94.3 Å². The maximum absolute atomic E-state index is 12.9. The smallest absolute Gasteiger partial charge is 0.493 e. The van der Waals surface area contributed by atoms with E-state index in [2.05, 4.69) is 9.72 Å². The molecule has 0 spiro atoms. The molecule has 0 aliphatic heterocycles. The van der Waals surface area contributed by atoms with E-state index in [0.29, 0.717) is 5.02 Å². The molecule has 0 aliphatic rings. The van der Waals surface area contributed by atoms with Crippen LogP contribution in [0.25, 0.3) is 16.8 Å². The van der Waals surface area contributed by atoms with Crippen molar-refractivity contribution in [2.24, 2.45) is 0 Å². The van der Waals surface area contributed by atoms with Crippen molar-refractivity contribution < 1.29 is 23.0 Å². The summed E-state index contributed by atoms with van der Waals surface area (Å²) in [7, 11) is 0. The molecule has 0 saturated carbocycles. The van der Waals surface area contributed by atoms with E-state index in [9.17, 15) is 23.1 Å². The number of ether oxygens (including phenoxy) is 1. The maximum Gasteiger partial charge on any atom is 0.573 e. The zero-order valence-electron chi connectivity index (χ0n) is 16.3. The number of aromatic nitrogens is 3. The van der Waals surface area contributed by atoms with E-state index < -0.39 is 17.8 Å². The first kappa shape index (κ1) is 21.5. The molecule has 0 unspecified atom stereocenters. The molecule has 0 aliphatic carbocycles. The number of hydrogen-bond donors (Lipinski definition) is 1. The second-order valence-electron chi connectivity index (χ2n) is 6.79. The molecule has 0 saturated heterocycles. The first-order chi connectivity index (χ1) is 15.2. The van der Waals surface area contributed by atoms with Crippen LogP contribution in [0.3, 0.4) is 0 Å². The average Bonchev–Trinajstić information content (AvgIpc) is 3.01. The minimum Gasteiger partial charge on any atom is -0.493 e. The fourth-order valence-corrected chi connectivity index (χ4v) is 3.54. The molecule has 0 fully saturated rings. The van der Waals surface area contributed by atoms with Crippen molar-refractivity contribution >= 4 is 11.6 Å².